The molecule has 25 heavy (non-hydrogen) atoms. The van der Waals surface area contributed by atoms with Crippen LogP contribution < -0.4 is 5.32 Å². The first-order chi connectivity index (χ1) is 12.1. The van der Waals surface area contributed by atoms with Crippen LogP contribution in [0.5, 0.6) is 0 Å². The summed E-state index contributed by atoms with van der Waals surface area (Å²) in [7, 11) is 0. The lowest BCUT2D eigenvalue weighted by molar-refractivity contribution is 0.0948. The van der Waals surface area contributed by atoms with Crippen LogP contribution in [-0.4, -0.2) is 37.0 Å². The molecule has 134 valence electrons. The van der Waals surface area contributed by atoms with Gasteiger partial charge in [-0.15, -0.1) is 11.3 Å². The van der Waals surface area contributed by atoms with E-state index in [9.17, 15) is 13.6 Å². The summed E-state index contributed by atoms with van der Waals surface area (Å²) in [6.45, 7) is 3.30. The Morgan fingerprint density at radius 1 is 1.24 bits per heavy atom. The predicted octanol–water partition coefficient (Wildman–Crippen LogP) is 3.71. The molecule has 1 aromatic heterocycles. The van der Waals surface area contributed by atoms with E-state index in [4.69, 9.17) is 0 Å². The molecule has 1 N–H and O–H groups in total. The van der Waals surface area contributed by atoms with E-state index in [1.807, 2.05) is 17.5 Å². The van der Waals surface area contributed by atoms with Gasteiger partial charge >= 0.3 is 0 Å². The molecule has 0 aliphatic carbocycles. The molecule has 3 nitrogen and oxygen atoms in total. The van der Waals surface area contributed by atoms with Gasteiger partial charge in [-0.05, 0) is 73.5 Å². The normalized spacial score (nSPS) is 16.1. The fraction of sp³-hybridized carbons (Fsp3) is 0.421. The number of halogens is 2. The molecule has 1 aliphatic rings. The Kier molecular flexibility index (Phi) is 6.15. The Hall–Kier alpha value is -1.79. The minimum Gasteiger partial charge on any atom is -0.350 e. The number of likely N-dealkylation sites (tertiary alicyclic amines) is 1. The molecule has 6 heteroatoms. The van der Waals surface area contributed by atoms with E-state index >= 15 is 0 Å². The third-order valence-electron chi connectivity index (χ3n) is 4.68. The van der Waals surface area contributed by atoms with Crippen LogP contribution in [0.2, 0.25) is 0 Å². The van der Waals surface area contributed by atoms with E-state index in [0.717, 1.165) is 43.4 Å². The van der Waals surface area contributed by atoms with Gasteiger partial charge in [-0.25, -0.2) is 8.78 Å². The van der Waals surface area contributed by atoms with E-state index in [1.165, 1.54) is 23.5 Å². The SMILES string of the molecule is O=C(NCCN1CCC(Cc2cc(F)ccc2F)CC1)c1cccs1. The summed E-state index contributed by atoms with van der Waals surface area (Å²) in [5.74, 6) is -0.338. The van der Waals surface area contributed by atoms with Crippen molar-refractivity contribution < 1.29 is 13.6 Å². The number of hydrogen-bond donors (Lipinski definition) is 1. The Labute approximate surface area is 150 Å². The van der Waals surface area contributed by atoms with Crippen molar-refractivity contribution in [3.63, 3.8) is 0 Å². The monoisotopic (exact) mass is 364 g/mol. The zero-order valence-electron chi connectivity index (χ0n) is 14.0. The molecule has 0 bridgehead atoms. The smallest absolute Gasteiger partial charge is 0.261 e. The minimum atomic E-state index is -0.379. The van der Waals surface area contributed by atoms with Gasteiger partial charge in [0.25, 0.3) is 5.91 Å². The number of hydrogen-bond acceptors (Lipinski definition) is 3. The van der Waals surface area contributed by atoms with Crippen LogP contribution in [0.1, 0.15) is 28.1 Å². The summed E-state index contributed by atoms with van der Waals surface area (Å²) in [5.41, 5.74) is 0.474. The van der Waals surface area contributed by atoms with Crippen molar-refractivity contribution in [3.05, 3.63) is 57.8 Å². The standard InChI is InChI=1S/C19H22F2N2OS/c20-16-3-4-17(21)15(13-16)12-14-5-8-23(9-6-14)10-7-22-19(24)18-2-1-11-25-18/h1-4,11,13-14H,5-10,12H2,(H,22,24). The van der Waals surface area contributed by atoms with Crippen LogP contribution in [0.15, 0.2) is 35.7 Å². The van der Waals surface area contributed by atoms with Gasteiger partial charge in [0.15, 0.2) is 0 Å². The molecule has 1 aliphatic heterocycles. The summed E-state index contributed by atoms with van der Waals surface area (Å²) >= 11 is 1.44. The average Bonchev–Trinajstić information content (AvgIpc) is 3.14. The number of nitrogens with zero attached hydrogens (tertiary/aromatic N) is 1. The van der Waals surface area contributed by atoms with Crippen molar-refractivity contribution >= 4 is 17.2 Å². The van der Waals surface area contributed by atoms with Crippen molar-refractivity contribution in [2.75, 3.05) is 26.2 Å². The zero-order chi connectivity index (χ0) is 17.6. The van der Waals surface area contributed by atoms with Crippen molar-refractivity contribution in [2.45, 2.75) is 19.3 Å². The fourth-order valence-corrected chi connectivity index (χ4v) is 3.89. The first kappa shape index (κ1) is 18.0. The second-order valence-corrected chi connectivity index (χ2v) is 7.41. The molecule has 0 spiro atoms. The van der Waals surface area contributed by atoms with Gasteiger partial charge in [0, 0.05) is 13.1 Å². The number of piperidine rings is 1. The van der Waals surface area contributed by atoms with Gasteiger partial charge in [-0.3, -0.25) is 4.79 Å². The van der Waals surface area contributed by atoms with Gasteiger partial charge in [-0.1, -0.05) is 6.07 Å². The topological polar surface area (TPSA) is 32.3 Å². The van der Waals surface area contributed by atoms with Crippen LogP contribution in [-0.2, 0) is 6.42 Å². The van der Waals surface area contributed by atoms with Gasteiger partial charge in [0.1, 0.15) is 11.6 Å². The molecule has 1 aromatic carbocycles. The van der Waals surface area contributed by atoms with Crippen molar-refractivity contribution in [1.29, 1.82) is 0 Å². The molecule has 0 atom stereocenters. The first-order valence-electron chi connectivity index (χ1n) is 8.60. The average molecular weight is 364 g/mol. The molecular weight excluding hydrogens is 342 g/mol. The summed E-state index contributed by atoms with van der Waals surface area (Å²) in [6.07, 6.45) is 2.52. The first-order valence-corrected chi connectivity index (χ1v) is 9.48. The molecule has 3 rings (SSSR count). The lowest BCUT2D eigenvalue weighted by Crippen LogP contribution is -2.39. The third kappa shape index (κ3) is 5.09. The van der Waals surface area contributed by atoms with Gasteiger partial charge in [-0.2, -0.15) is 0 Å². The van der Waals surface area contributed by atoms with E-state index in [0.29, 0.717) is 24.4 Å². The van der Waals surface area contributed by atoms with E-state index < -0.39 is 0 Å². The van der Waals surface area contributed by atoms with Gasteiger partial charge < -0.3 is 10.2 Å². The maximum Gasteiger partial charge on any atom is 0.261 e. The number of carbonyl (C=O) groups is 1. The van der Waals surface area contributed by atoms with Crippen LogP contribution >= 0.6 is 11.3 Å². The highest BCUT2D eigenvalue weighted by Gasteiger charge is 2.20. The molecule has 0 unspecified atom stereocenters. The van der Waals surface area contributed by atoms with E-state index in [-0.39, 0.29) is 17.5 Å². The summed E-state index contributed by atoms with van der Waals surface area (Å²) in [5, 5.41) is 4.83. The fourth-order valence-electron chi connectivity index (χ4n) is 3.25. The highest BCUT2D eigenvalue weighted by atomic mass is 32.1. The number of nitrogens with one attached hydrogen (secondary N) is 1. The molecule has 1 saturated heterocycles. The Morgan fingerprint density at radius 3 is 2.76 bits per heavy atom. The van der Waals surface area contributed by atoms with Crippen LogP contribution in [0.3, 0.4) is 0 Å². The quantitative estimate of drug-likeness (QED) is 0.847. The predicted molar refractivity (Wildman–Crippen MR) is 95.9 cm³/mol. The lowest BCUT2D eigenvalue weighted by Gasteiger charge is -2.32. The third-order valence-corrected chi connectivity index (χ3v) is 5.55. The van der Waals surface area contributed by atoms with Gasteiger partial charge in [0.05, 0.1) is 4.88 Å². The molecule has 2 aromatic rings. The molecule has 1 amide bonds. The molecule has 0 radical (unpaired) electrons. The molecular formula is C19H22F2N2OS. The summed E-state index contributed by atoms with van der Waals surface area (Å²) in [4.78, 5) is 14.9. The molecule has 1 fully saturated rings. The lowest BCUT2D eigenvalue weighted by atomic mass is 9.90. The Balaban J connectivity index is 1.38. The second kappa shape index (κ2) is 8.54. The highest BCUT2D eigenvalue weighted by molar-refractivity contribution is 7.12. The molecule has 2 heterocycles. The van der Waals surface area contributed by atoms with Crippen LogP contribution in [0.4, 0.5) is 8.78 Å². The maximum absolute atomic E-state index is 13.7. The summed E-state index contributed by atoms with van der Waals surface area (Å²) in [6, 6.07) is 7.35. The number of rotatable bonds is 6. The second-order valence-electron chi connectivity index (χ2n) is 6.46. The van der Waals surface area contributed by atoms with Gasteiger partial charge in [0.2, 0.25) is 0 Å². The number of thiophene rings is 1. The number of amides is 1. The largest absolute Gasteiger partial charge is 0.350 e. The number of benzene rings is 1. The molecule has 0 saturated carbocycles. The maximum atomic E-state index is 13.7. The minimum absolute atomic E-state index is 0.0218. The van der Waals surface area contributed by atoms with Crippen molar-refractivity contribution in [3.8, 4) is 0 Å². The number of carbonyl (C=O) groups excluding carboxylic acids is 1. The van der Waals surface area contributed by atoms with Crippen molar-refractivity contribution in [2.24, 2.45) is 5.92 Å². The van der Waals surface area contributed by atoms with Crippen molar-refractivity contribution in [1.82, 2.24) is 10.2 Å². The Morgan fingerprint density at radius 2 is 2.04 bits per heavy atom. The van der Waals surface area contributed by atoms with Crippen LogP contribution in [0, 0.1) is 17.6 Å². The highest BCUT2D eigenvalue weighted by Crippen LogP contribution is 2.23. The zero-order valence-corrected chi connectivity index (χ0v) is 14.8. The van der Waals surface area contributed by atoms with E-state index in [1.54, 1.807) is 0 Å². The Bertz CT molecular complexity index is 697. The van der Waals surface area contributed by atoms with E-state index in [2.05, 4.69) is 10.2 Å². The summed E-state index contributed by atoms with van der Waals surface area (Å²) < 4.78 is 27.0. The van der Waals surface area contributed by atoms with Crippen LogP contribution in [0.25, 0.3) is 0 Å².